The van der Waals surface area contributed by atoms with Crippen LogP contribution < -0.4 is 4.73 Å². The monoisotopic (exact) mass is 740 g/mol. The summed E-state index contributed by atoms with van der Waals surface area (Å²) in [5.74, 6) is -0.520. The predicted octanol–water partition coefficient (Wildman–Crippen LogP) is 6.68. The van der Waals surface area contributed by atoms with E-state index in [2.05, 4.69) is 0 Å². The number of alkyl halides is 2. The first-order valence-electron chi connectivity index (χ1n) is 14.7. The maximum atomic E-state index is 13.9. The molecule has 4 aliphatic rings. The Morgan fingerprint density at radius 3 is 2.52 bits per heavy atom. The van der Waals surface area contributed by atoms with E-state index < -0.39 is 40.0 Å². The van der Waals surface area contributed by atoms with E-state index in [0.717, 1.165) is 41.3 Å². The minimum Gasteiger partial charge on any atom is -0.619 e. The molecule has 0 N–H and O–H groups in total. The van der Waals surface area contributed by atoms with Crippen molar-refractivity contribution in [3.8, 4) is 0 Å². The summed E-state index contributed by atoms with van der Waals surface area (Å²) in [6.45, 7) is 0.973. The molecule has 46 heavy (non-hydrogen) atoms. The molecule has 1 aromatic rings. The predicted molar refractivity (Wildman–Crippen MR) is 171 cm³/mol. The van der Waals surface area contributed by atoms with Crippen molar-refractivity contribution in [3.05, 3.63) is 78.5 Å². The second-order valence-corrected chi connectivity index (χ2v) is 16.0. The SMILES string of the molecule is CC1C=C(Cl)C(S(=O)(=O)N2CCSC2C(=O)O[C@@H](Cc2c(Cl)c[n+]([O-])cc2Cl)C2=CC(OCC3CC3)=C(OC(F)F)CC2C)=CC1. The first kappa shape index (κ1) is 35.3. The summed E-state index contributed by atoms with van der Waals surface area (Å²) in [6, 6.07) is 0. The van der Waals surface area contributed by atoms with Gasteiger partial charge in [0.25, 0.3) is 0 Å². The molecule has 252 valence electrons. The summed E-state index contributed by atoms with van der Waals surface area (Å²) in [5.41, 5.74) is 0.807. The molecule has 0 aromatic carbocycles. The molecule has 0 bridgehead atoms. The maximum Gasteiger partial charge on any atom is 0.387 e. The molecular formula is C30H33Cl3F2N2O7S2. The van der Waals surface area contributed by atoms with Crippen LogP contribution in [0, 0.1) is 23.0 Å². The van der Waals surface area contributed by atoms with Crippen LogP contribution in [0.5, 0.6) is 0 Å². The van der Waals surface area contributed by atoms with Gasteiger partial charge in [-0.2, -0.15) is 17.8 Å². The lowest BCUT2D eigenvalue weighted by atomic mass is 9.85. The molecular weight excluding hydrogens is 709 g/mol. The summed E-state index contributed by atoms with van der Waals surface area (Å²) >= 11 is 20.2. The average molecular weight is 742 g/mol. The molecule has 0 radical (unpaired) electrons. The highest BCUT2D eigenvalue weighted by atomic mass is 35.5. The highest BCUT2D eigenvalue weighted by Gasteiger charge is 2.44. The molecule has 5 rings (SSSR count). The van der Waals surface area contributed by atoms with Gasteiger partial charge in [0.2, 0.25) is 10.0 Å². The zero-order valence-electron chi connectivity index (χ0n) is 25.0. The standard InChI is InChI=1S/C30H33Cl3F2N2O7S2/c1-16-3-6-27(21(31)9-16)46(40,41)37-7-8-45-28(37)29(38)43-24(12-20-22(32)13-36(39)14-23(20)33)19-11-25(42-15-18-4-5-18)26(10-17(19)2)44-30(34)35/h6,9,11,13-14,16-18,24,28,30H,3-5,7-8,10,12,15H2,1-2H3/t16?,17?,24-,28?/m0/s1. The number of nitrogens with zero attached hydrogens (tertiary/aromatic N) is 2. The number of allylic oxidation sites excluding steroid dienone is 5. The summed E-state index contributed by atoms with van der Waals surface area (Å²) in [4.78, 5) is 13.8. The Labute approximate surface area is 285 Å². The van der Waals surface area contributed by atoms with Crippen molar-refractivity contribution in [2.45, 2.75) is 64.0 Å². The Morgan fingerprint density at radius 1 is 1.20 bits per heavy atom. The Balaban J connectivity index is 1.48. The largest absolute Gasteiger partial charge is 0.619 e. The van der Waals surface area contributed by atoms with E-state index in [1.54, 1.807) is 19.1 Å². The smallest absolute Gasteiger partial charge is 0.387 e. The van der Waals surface area contributed by atoms with Crippen LogP contribution in [-0.4, -0.2) is 55.7 Å². The highest BCUT2D eigenvalue weighted by molar-refractivity contribution is 8.02. The van der Waals surface area contributed by atoms with E-state index in [1.807, 2.05) is 6.92 Å². The molecule has 1 aromatic heterocycles. The van der Waals surface area contributed by atoms with E-state index in [4.69, 9.17) is 49.0 Å². The summed E-state index contributed by atoms with van der Waals surface area (Å²) in [5, 5.41) is 10.8. The molecule has 0 amide bonds. The van der Waals surface area contributed by atoms with Crippen LogP contribution in [0.2, 0.25) is 10.0 Å². The minimum absolute atomic E-state index is 0.0226. The van der Waals surface area contributed by atoms with E-state index >= 15 is 0 Å². The van der Waals surface area contributed by atoms with Gasteiger partial charge in [0.05, 0.1) is 16.5 Å². The summed E-state index contributed by atoms with van der Waals surface area (Å²) < 4.78 is 72.4. The number of esters is 1. The van der Waals surface area contributed by atoms with Gasteiger partial charge in [0.1, 0.15) is 21.9 Å². The number of hydrogen-bond acceptors (Lipinski definition) is 8. The van der Waals surface area contributed by atoms with Gasteiger partial charge in [-0.1, -0.05) is 60.8 Å². The number of aromatic nitrogens is 1. The zero-order valence-corrected chi connectivity index (χ0v) is 28.9. The number of carbonyl (C=O) groups excluding carboxylic acids is 1. The number of ether oxygens (including phenoxy) is 3. The number of thioether (sulfide) groups is 1. The summed E-state index contributed by atoms with van der Waals surface area (Å²) in [6.07, 6.45) is 8.22. The first-order valence-corrected chi connectivity index (χ1v) is 18.4. The average Bonchev–Trinajstić information content (AvgIpc) is 3.65. The van der Waals surface area contributed by atoms with Crippen LogP contribution in [0.25, 0.3) is 0 Å². The van der Waals surface area contributed by atoms with Crippen molar-refractivity contribution in [3.63, 3.8) is 0 Å². The normalized spacial score (nSPS) is 24.8. The van der Waals surface area contributed by atoms with Crippen molar-refractivity contribution in [1.82, 2.24) is 4.31 Å². The van der Waals surface area contributed by atoms with Crippen LogP contribution in [0.3, 0.4) is 0 Å². The Bertz CT molecular complexity index is 1580. The lowest BCUT2D eigenvalue weighted by Crippen LogP contribution is -2.43. The fraction of sp³-hybridized carbons (Fsp3) is 0.533. The van der Waals surface area contributed by atoms with Crippen LogP contribution in [0.4, 0.5) is 8.78 Å². The van der Waals surface area contributed by atoms with Gasteiger partial charge in [-0.05, 0) is 48.7 Å². The molecule has 4 atom stereocenters. The van der Waals surface area contributed by atoms with Crippen LogP contribution in [-0.2, 0) is 35.4 Å². The topological polar surface area (TPSA) is 109 Å². The maximum absolute atomic E-state index is 13.9. The van der Waals surface area contributed by atoms with Crippen LogP contribution >= 0.6 is 46.6 Å². The molecule has 3 aliphatic carbocycles. The van der Waals surface area contributed by atoms with Crippen molar-refractivity contribution in [2.24, 2.45) is 17.8 Å². The van der Waals surface area contributed by atoms with Gasteiger partial charge in [-0.15, -0.1) is 11.8 Å². The number of halogens is 5. The minimum atomic E-state index is -4.15. The fourth-order valence-corrected chi connectivity index (χ4v) is 9.83. The number of sulfonamides is 1. The Morgan fingerprint density at radius 2 is 1.89 bits per heavy atom. The van der Waals surface area contributed by atoms with Gasteiger partial charge in [0.15, 0.2) is 23.5 Å². The van der Waals surface area contributed by atoms with E-state index in [9.17, 15) is 27.2 Å². The van der Waals surface area contributed by atoms with Crippen LogP contribution in [0.1, 0.15) is 45.1 Å². The van der Waals surface area contributed by atoms with E-state index in [0.29, 0.717) is 40.6 Å². The van der Waals surface area contributed by atoms with Gasteiger partial charge in [0, 0.05) is 30.7 Å². The van der Waals surface area contributed by atoms with Crippen molar-refractivity contribution < 1.29 is 40.9 Å². The number of carbonyl (C=O) groups is 1. The third kappa shape index (κ3) is 8.15. The zero-order chi connectivity index (χ0) is 33.3. The molecule has 2 fully saturated rings. The molecule has 16 heteroatoms. The van der Waals surface area contributed by atoms with Crippen molar-refractivity contribution in [1.29, 1.82) is 0 Å². The van der Waals surface area contributed by atoms with Crippen molar-refractivity contribution >= 4 is 62.6 Å². The van der Waals surface area contributed by atoms with Crippen LogP contribution in [0.15, 0.2) is 57.7 Å². The Hall–Kier alpha value is -2.03. The number of hydrogen-bond donors (Lipinski definition) is 0. The third-order valence-electron chi connectivity index (χ3n) is 8.09. The quantitative estimate of drug-likeness (QED) is 0.133. The number of pyridine rings is 1. The van der Waals surface area contributed by atoms with Gasteiger partial charge in [-0.25, -0.2) is 13.2 Å². The summed E-state index contributed by atoms with van der Waals surface area (Å²) in [7, 11) is -4.15. The Kier molecular flexibility index (Phi) is 11.2. The molecule has 1 saturated carbocycles. The third-order valence-corrected chi connectivity index (χ3v) is 12.5. The second kappa shape index (κ2) is 14.6. The molecule has 2 heterocycles. The highest BCUT2D eigenvalue weighted by Crippen LogP contribution is 2.40. The number of rotatable bonds is 12. The van der Waals surface area contributed by atoms with E-state index in [-0.39, 0.29) is 56.8 Å². The second-order valence-electron chi connectivity index (χ2n) is 11.7. The van der Waals surface area contributed by atoms with Gasteiger partial charge < -0.3 is 19.4 Å². The van der Waals surface area contributed by atoms with Gasteiger partial charge >= 0.3 is 12.6 Å². The molecule has 3 unspecified atom stereocenters. The lowest BCUT2D eigenvalue weighted by molar-refractivity contribution is -0.605. The molecule has 1 aliphatic heterocycles. The van der Waals surface area contributed by atoms with Crippen molar-refractivity contribution in [2.75, 3.05) is 18.9 Å². The molecule has 1 saturated heterocycles. The lowest BCUT2D eigenvalue weighted by Gasteiger charge is -2.32. The van der Waals surface area contributed by atoms with E-state index in [1.165, 1.54) is 6.08 Å². The van der Waals surface area contributed by atoms with Gasteiger partial charge in [-0.3, -0.25) is 0 Å². The fourth-order valence-electron chi connectivity index (χ4n) is 5.48. The molecule has 0 spiro atoms. The first-order chi connectivity index (χ1) is 21.7. The molecule has 9 nitrogen and oxygen atoms in total.